The molecule has 2 aromatic carbocycles. The van der Waals surface area contributed by atoms with Gasteiger partial charge in [-0.1, -0.05) is 64.7 Å². The maximum absolute atomic E-state index is 12.7. The fourth-order valence-corrected chi connectivity index (χ4v) is 4.56. The van der Waals surface area contributed by atoms with Crippen LogP contribution >= 0.6 is 50.9 Å². The van der Waals surface area contributed by atoms with Crippen LogP contribution < -0.4 is 10.6 Å². The number of halogens is 3. The van der Waals surface area contributed by atoms with Gasteiger partial charge in [-0.25, -0.2) is 4.98 Å². The number of anilines is 1. The third-order valence-corrected chi connectivity index (χ3v) is 6.59. The summed E-state index contributed by atoms with van der Waals surface area (Å²) in [7, 11) is 0. The first kappa shape index (κ1) is 25.6. The molecule has 0 spiro atoms. The van der Waals surface area contributed by atoms with Gasteiger partial charge in [0.1, 0.15) is 5.82 Å². The molecule has 0 unspecified atom stereocenters. The topological polar surface area (TPSA) is 99.8 Å². The monoisotopic (exact) mass is 569 g/mol. The molecule has 0 aliphatic heterocycles. The van der Waals surface area contributed by atoms with Gasteiger partial charge < -0.3 is 10.6 Å². The molecule has 2 amide bonds. The first-order valence-electron chi connectivity index (χ1n) is 10.0. The smallest absolute Gasteiger partial charge is 0.253 e. The van der Waals surface area contributed by atoms with Gasteiger partial charge >= 0.3 is 0 Å². The van der Waals surface area contributed by atoms with Crippen molar-refractivity contribution in [1.29, 1.82) is 0 Å². The second kappa shape index (κ2) is 11.4. The Balaban J connectivity index is 1.62. The molecule has 0 saturated carbocycles. The Hall–Kier alpha value is -2.07. The molecule has 3 rings (SSSR count). The van der Waals surface area contributed by atoms with E-state index in [1.807, 2.05) is 39.0 Å². The lowest BCUT2D eigenvalue weighted by Crippen LogP contribution is -2.32. The van der Waals surface area contributed by atoms with Crippen LogP contribution in [0, 0.1) is 12.8 Å². The molecule has 0 radical (unpaired) electrons. The molecule has 0 saturated heterocycles. The van der Waals surface area contributed by atoms with Gasteiger partial charge in [-0.15, -0.1) is 5.10 Å². The lowest BCUT2D eigenvalue weighted by atomic mass is 10.0. The second-order valence-electron chi connectivity index (χ2n) is 7.62. The highest BCUT2D eigenvalue weighted by molar-refractivity contribution is 9.10. The summed E-state index contributed by atoms with van der Waals surface area (Å²) in [5.74, 6) is 0.156. The van der Waals surface area contributed by atoms with Gasteiger partial charge in [-0.2, -0.15) is 0 Å². The zero-order valence-corrected chi connectivity index (χ0v) is 22.0. The Kier molecular flexibility index (Phi) is 8.81. The maximum atomic E-state index is 12.7. The number of hydrogen-bond acceptors (Lipinski definition) is 5. The van der Waals surface area contributed by atoms with Crippen LogP contribution in [0.15, 0.2) is 46.0 Å². The zero-order valence-electron chi connectivity index (χ0n) is 18.1. The molecular formula is C22H22BrCl2N5O2S. The van der Waals surface area contributed by atoms with Crippen molar-refractivity contribution in [1.82, 2.24) is 20.5 Å². The molecule has 0 aliphatic rings. The Labute approximate surface area is 214 Å². The number of aromatic amines is 1. The van der Waals surface area contributed by atoms with Crippen molar-refractivity contribution in [2.24, 2.45) is 5.92 Å². The minimum Gasteiger partial charge on any atom is -0.342 e. The van der Waals surface area contributed by atoms with E-state index in [9.17, 15) is 9.59 Å². The van der Waals surface area contributed by atoms with E-state index in [1.165, 1.54) is 17.8 Å². The van der Waals surface area contributed by atoms with Crippen LogP contribution in [0.25, 0.3) is 0 Å². The number of carbonyl (C=O) groups excluding carboxylic acids is 2. The average Bonchev–Trinajstić information content (AvgIpc) is 3.21. The normalized spacial score (nSPS) is 12.0. The number of nitrogens with one attached hydrogen (secondary N) is 3. The number of thioether (sulfide) groups is 1. The summed E-state index contributed by atoms with van der Waals surface area (Å²) in [5.41, 5.74) is 2.03. The summed E-state index contributed by atoms with van der Waals surface area (Å²) in [6, 6.07) is 9.92. The molecule has 174 valence electrons. The highest BCUT2D eigenvalue weighted by Crippen LogP contribution is 2.25. The van der Waals surface area contributed by atoms with Gasteiger partial charge in [0.25, 0.3) is 5.91 Å². The average molecular weight is 571 g/mol. The molecule has 0 fully saturated rings. The number of amides is 2. The predicted molar refractivity (Wildman–Crippen MR) is 136 cm³/mol. The Morgan fingerprint density at radius 3 is 2.61 bits per heavy atom. The lowest BCUT2D eigenvalue weighted by molar-refractivity contribution is -0.113. The van der Waals surface area contributed by atoms with Crippen LogP contribution in [0.1, 0.15) is 41.6 Å². The zero-order chi connectivity index (χ0) is 24.1. The number of rotatable bonds is 8. The quantitative estimate of drug-likeness (QED) is 0.287. The van der Waals surface area contributed by atoms with Crippen molar-refractivity contribution in [2.45, 2.75) is 32.0 Å². The minimum absolute atomic E-state index is 0.0227. The maximum Gasteiger partial charge on any atom is 0.253 e. The standard InChI is InChI=1S/C22H22BrCl2N5O2S/c1-11(2)19(27-21(32)15-6-5-14(24)9-16(15)25)20-28-22(30-29-20)33-10-18(31)26-17-7-4-13(23)8-12(17)3/h4-9,11,19H,10H2,1-3H3,(H,26,31)(H,27,32)(H,28,29,30)/t19-/m1/s1. The van der Waals surface area contributed by atoms with Gasteiger partial charge in [-0.05, 0) is 54.8 Å². The van der Waals surface area contributed by atoms with Gasteiger partial charge in [-0.3, -0.25) is 14.7 Å². The van der Waals surface area contributed by atoms with Crippen LogP contribution in [0.2, 0.25) is 10.0 Å². The van der Waals surface area contributed by atoms with E-state index >= 15 is 0 Å². The van der Waals surface area contributed by atoms with Crippen molar-refractivity contribution in [2.75, 3.05) is 11.1 Å². The molecule has 11 heteroatoms. The van der Waals surface area contributed by atoms with Crippen LogP contribution in [0.3, 0.4) is 0 Å². The highest BCUT2D eigenvalue weighted by Gasteiger charge is 2.24. The van der Waals surface area contributed by atoms with Gasteiger partial charge in [0, 0.05) is 15.2 Å². The molecule has 0 bridgehead atoms. The molecule has 1 atom stereocenters. The van der Waals surface area contributed by atoms with E-state index in [1.54, 1.807) is 12.1 Å². The summed E-state index contributed by atoms with van der Waals surface area (Å²) >= 11 is 16.7. The summed E-state index contributed by atoms with van der Waals surface area (Å²) in [4.78, 5) is 29.6. The minimum atomic E-state index is -0.426. The van der Waals surface area contributed by atoms with Crippen molar-refractivity contribution in [3.8, 4) is 0 Å². The van der Waals surface area contributed by atoms with E-state index in [0.29, 0.717) is 21.6 Å². The summed E-state index contributed by atoms with van der Waals surface area (Å²) < 4.78 is 0.950. The van der Waals surface area contributed by atoms with Gasteiger partial charge in [0.05, 0.1) is 22.4 Å². The molecule has 33 heavy (non-hydrogen) atoms. The first-order valence-corrected chi connectivity index (χ1v) is 12.5. The Morgan fingerprint density at radius 1 is 1.18 bits per heavy atom. The number of H-pyrrole nitrogens is 1. The van der Waals surface area contributed by atoms with Crippen molar-refractivity contribution in [3.05, 3.63) is 67.9 Å². The molecule has 1 aromatic heterocycles. The number of aromatic nitrogens is 3. The summed E-state index contributed by atoms with van der Waals surface area (Å²) in [6.07, 6.45) is 0. The second-order valence-corrected chi connectivity index (χ2v) is 10.3. The number of hydrogen-bond donors (Lipinski definition) is 3. The fraction of sp³-hybridized carbons (Fsp3) is 0.273. The predicted octanol–water partition coefficient (Wildman–Crippen LogP) is 6.04. The van der Waals surface area contributed by atoms with Crippen molar-refractivity contribution < 1.29 is 9.59 Å². The SMILES string of the molecule is Cc1cc(Br)ccc1NC(=O)CSc1n[nH]c([C@H](NC(=O)c2ccc(Cl)cc2Cl)C(C)C)n1. The van der Waals surface area contributed by atoms with Gasteiger partial charge in [0.15, 0.2) is 0 Å². The molecule has 1 heterocycles. The van der Waals surface area contributed by atoms with Crippen LogP contribution in [-0.2, 0) is 4.79 Å². The number of aryl methyl sites for hydroxylation is 1. The highest BCUT2D eigenvalue weighted by atomic mass is 79.9. The van der Waals surface area contributed by atoms with Crippen molar-refractivity contribution in [3.63, 3.8) is 0 Å². The van der Waals surface area contributed by atoms with Crippen LogP contribution in [0.5, 0.6) is 0 Å². The van der Waals surface area contributed by atoms with E-state index in [0.717, 1.165) is 15.7 Å². The molecule has 7 nitrogen and oxygen atoms in total. The third kappa shape index (κ3) is 6.96. The largest absolute Gasteiger partial charge is 0.342 e. The molecule has 3 aromatic rings. The van der Waals surface area contributed by atoms with E-state index in [4.69, 9.17) is 23.2 Å². The molecule has 0 aliphatic carbocycles. The van der Waals surface area contributed by atoms with Gasteiger partial charge in [0.2, 0.25) is 11.1 Å². The summed E-state index contributed by atoms with van der Waals surface area (Å²) in [5, 5.41) is 14.0. The van der Waals surface area contributed by atoms with Crippen LogP contribution in [-0.4, -0.2) is 32.7 Å². The molecular weight excluding hydrogens is 549 g/mol. The number of carbonyl (C=O) groups is 2. The first-order chi connectivity index (χ1) is 15.6. The fourth-order valence-electron chi connectivity index (χ4n) is 2.99. The Morgan fingerprint density at radius 2 is 1.94 bits per heavy atom. The number of benzene rings is 2. The van der Waals surface area contributed by atoms with Crippen LogP contribution in [0.4, 0.5) is 5.69 Å². The van der Waals surface area contributed by atoms with E-state index in [2.05, 4.69) is 41.7 Å². The van der Waals surface area contributed by atoms with Crippen molar-refractivity contribution >= 4 is 68.4 Å². The van der Waals surface area contributed by atoms with E-state index < -0.39 is 6.04 Å². The summed E-state index contributed by atoms with van der Waals surface area (Å²) in [6.45, 7) is 5.84. The number of nitrogens with zero attached hydrogens (tertiary/aromatic N) is 2. The lowest BCUT2D eigenvalue weighted by Gasteiger charge is -2.20. The van der Waals surface area contributed by atoms with E-state index in [-0.39, 0.29) is 28.5 Å². The third-order valence-electron chi connectivity index (χ3n) is 4.70. The molecule has 3 N–H and O–H groups in total. The Bertz CT molecular complexity index is 1170.